The topological polar surface area (TPSA) is 33.1 Å². The minimum Gasteiger partial charge on any atom is -0.352 e. The van der Waals surface area contributed by atoms with Crippen LogP contribution in [0.4, 0.5) is 4.39 Å². The number of nitrogens with one attached hydrogen (secondary N) is 1. The maximum Gasteiger partial charge on any atom is 0.169 e. The van der Waals surface area contributed by atoms with E-state index in [-0.39, 0.29) is 17.9 Å². The lowest BCUT2D eigenvalue weighted by Crippen LogP contribution is -2.25. The van der Waals surface area contributed by atoms with Gasteiger partial charge in [-0.3, -0.25) is 4.98 Å². The highest BCUT2D eigenvalue weighted by molar-refractivity contribution is 7.80. The van der Waals surface area contributed by atoms with Gasteiger partial charge in [0.1, 0.15) is 5.82 Å². The number of thiocarbonyl (C=S) groups is 1. The number of benzene rings is 1. The molecular formula is C21H21FN4S. The van der Waals surface area contributed by atoms with Crippen molar-refractivity contribution in [2.24, 2.45) is 0 Å². The van der Waals surface area contributed by atoms with Gasteiger partial charge in [0.2, 0.25) is 0 Å². The van der Waals surface area contributed by atoms with Crippen LogP contribution in [0.5, 0.6) is 0 Å². The molecule has 0 unspecified atom stereocenters. The SMILES string of the molecule is Cc1cc([C@H]2[C@H](c3ccccn3)NC(=S)N2C)c(C)n1-c1ccc(F)cc1. The second-order valence-electron chi connectivity index (χ2n) is 6.88. The van der Waals surface area contributed by atoms with Crippen molar-refractivity contribution in [3.63, 3.8) is 0 Å². The zero-order valence-electron chi connectivity index (χ0n) is 15.5. The van der Waals surface area contributed by atoms with E-state index in [4.69, 9.17) is 12.2 Å². The predicted molar refractivity (Wildman–Crippen MR) is 108 cm³/mol. The Kier molecular flexibility index (Phi) is 4.44. The molecule has 1 aromatic carbocycles. The Labute approximate surface area is 163 Å². The standard InChI is InChI=1S/C21H21FN4S/c1-13-12-17(14(2)26(13)16-9-7-15(22)8-10-16)20-19(24-21(27)25(20)3)18-6-4-5-11-23-18/h4-12,19-20H,1-3H3,(H,24,27)/t19-,20-/m0/s1. The van der Waals surface area contributed by atoms with Gasteiger partial charge in [0.05, 0.1) is 17.8 Å². The van der Waals surface area contributed by atoms with E-state index in [9.17, 15) is 4.39 Å². The molecular weight excluding hydrogens is 359 g/mol. The van der Waals surface area contributed by atoms with Crippen LogP contribution in [0.2, 0.25) is 0 Å². The van der Waals surface area contributed by atoms with Gasteiger partial charge in [-0.15, -0.1) is 0 Å². The fourth-order valence-corrected chi connectivity index (χ4v) is 4.16. The zero-order valence-corrected chi connectivity index (χ0v) is 16.3. The molecule has 0 aliphatic carbocycles. The monoisotopic (exact) mass is 380 g/mol. The number of hydrogen-bond acceptors (Lipinski definition) is 2. The summed E-state index contributed by atoms with van der Waals surface area (Å²) in [6.07, 6.45) is 1.80. The molecule has 0 bridgehead atoms. The molecule has 0 spiro atoms. The molecule has 138 valence electrons. The van der Waals surface area contributed by atoms with Gasteiger partial charge >= 0.3 is 0 Å². The molecule has 0 amide bonds. The molecule has 1 aliphatic rings. The number of aromatic nitrogens is 2. The number of aryl methyl sites for hydroxylation is 1. The van der Waals surface area contributed by atoms with Crippen molar-refractivity contribution in [1.29, 1.82) is 0 Å². The van der Waals surface area contributed by atoms with E-state index < -0.39 is 0 Å². The second-order valence-corrected chi connectivity index (χ2v) is 7.26. The van der Waals surface area contributed by atoms with Crippen molar-refractivity contribution in [3.8, 4) is 5.69 Å². The molecule has 0 radical (unpaired) electrons. The van der Waals surface area contributed by atoms with Crippen LogP contribution in [0.3, 0.4) is 0 Å². The van der Waals surface area contributed by atoms with Crippen molar-refractivity contribution >= 4 is 17.3 Å². The summed E-state index contributed by atoms with van der Waals surface area (Å²) in [6, 6.07) is 14.7. The van der Waals surface area contributed by atoms with Crippen molar-refractivity contribution in [1.82, 2.24) is 19.8 Å². The molecule has 3 aromatic rings. The molecule has 4 rings (SSSR count). The van der Waals surface area contributed by atoms with Crippen molar-refractivity contribution in [2.45, 2.75) is 25.9 Å². The van der Waals surface area contributed by atoms with Gasteiger partial charge in [0.25, 0.3) is 0 Å². The first kappa shape index (κ1) is 17.7. The molecule has 1 N–H and O–H groups in total. The number of rotatable bonds is 3. The number of hydrogen-bond donors (Lipinski definition) is 1. The van der Waals surface area contributed by atoms with E-state index in [0.717, 1.165) is 22.8 Å². The molecule has 6 heteroatoms. The van der Waals surface area contributed by atoms with E-state index in [1.165, 1.54) is 17.7 Å². The molecule has 1 aliphatic heterocycles. The Bertz CT molecular complexity index is 981. The van der Waals surface area contributed by atoms with Crippen molar-refractivity contribution in [2.75, 3.05) is 7.05 Å². The minimum absolute atomic E-state index is 0.0223. The number of likely N-dealkylation sites (N-methyl/N-ethyl adjacent to an activating group) is 1. The largest absolute Gasteiger partial charge is 0.352 e. The zero-order chi connectivity index (χ0) is 19.1. The first-order chi connectivity index (χ1) is 13.0. The Morgan fingerprint density at radius 2 is 1.85 bits per heavy atom. The van der Waals surface area contributed by atoms with Crippen LogP contribution in [-0.4, -0.2) is 26.6 Å². The summed E-state index contributed by atoms with van der Waals surface area (Å²) in [7, 11) is 2.01. The van der Waals surface area contributed by atoms with E-state index in [1.807, 2.05) is 25.2 Å². The van der Waals surface area contributed by atoms with E-state index in [2.05, 4.69) is 39.7 Å². The van der Waals surface area contributed by atoms with E-state index in [1.54, 1.807) is 18.3 Å². The highest BCUT2D eigenvalue weighted by atomic mass is 32.1. The molecule has 2 aromatic heterocycles. The fourth-order valence-electron chi connectivity index (χ4n) is 3.92. The summed E-state index contributed by atoms with van der Waals surface area (Å²) in [4.78, 5) is 6.62. The number of halogens is 1. The van der Waals surface area contributed by atoms with Gasteiger partial charge in [-0.2, -0.15) is 0 Å². The fraction of sp³-hybridized carbons (Fsp3) is 0.238. The van der Waals surface area contributed by atoms with Crippen LogP contribution in [0, 0.1) is 19.7 Å². The van der Waals surface area contributed by atoms with E-state index >= 15 is 0 Å². The van der Waals surface area contributed by atoms with Crippen LogP contribution in [0.1, 0.15) is 34.7 Å². The summed E-state index contributed by atoms with van der Waals surface area (Å²) in [5.74, 6) is -0.235. The Morgan fingerprint density at radius 1 is 1.11 bits per heavy atom. The molecule has 2 atom stereocenters. The highest BCUT2D eigenvalue weighted by Crippen LogP contribution is 2.40. The number of nitrogens with zero attached hydrogens (tertiary/aromatic N) is 3. The average molecular weight is 380 g/mol. The third-order valence-corrected chi connectivity index (χ3v) is 5.62. The summed E-state index contributed by atoms with van der Waals surface area (Å²) in [5.41, 5.74) is 5.30. The van der Waals surface area contributed by atoms with Crippen LogP contribution in [0.15, 0.2) is 54.7 Å². The summed E-state index contributed by atoms with van der Waals surface area (Å²) >= 11 is 5.53. The number of pyridine rings is 1. The lowest BCUT2D eigenvalue weighted by atomic mass is 9.97. The second kappa shape index (κ2) is 6.78. The van der Waals surface area contributed by atoms with Crippen LogP contribution >= 0.6 is 12.2 Å². The average Bonchev–Trinajstić information content (AvgIpc) is 3.12. The van der Waals surface area contributed by atoms with Gasteiger partial charge in [-0.25, -0.2) is 4.39 Å². The van der Waals surface area contributed by atoms with Crippen molar-refractivity contribution < 1.29 is 4.39 Å². The lowest BCUT2D eigenvalue weighted by Gasteiger charge is -2.24. The molecule has 1 fully saturated rings. The summed E-state index contributed by atoms with van der Waals surface area (Å²) < 4.78 is 15.5. The Balaban J connectivity index is 1.81. The van der Waals surface area contributed by atoms with Gasteiger partial charge in [-0.05, 0) is 74.1 Å². The maximum atomic E-state index is 13.3. The van der Waals surface area contributed by atoms with Gasteiger partial charge < -0.3 is 14.8 Å². The summed E-state index contributed by atoms with van der Waals surface area (Å²) in [6.45, 7) is 4.16. The normalized spacial score (nSPS) is 19.4. The Hall–Kier alpha value is -2.73. The lowest BCUT2D eigenvalue weighted by molar-refractivity contribution is 0.367. The van der Waals surface area contributed by atoms with Gasteiger partial charge in [-0.1, -0.05) is 6.07 Å². The third-order valence-electron chi connectivity index (χ3n) is 5.21. The predicted octanol–water partition coefficient (Wildman–Crippen LogP) is 4.23. The van der Waals surface area contributed by atoms with E-state index in [0.29, 0.717) is 5.11 Å². The van der Waals surface area contributed by atoms with Crippen LogP contribution in [0.25, 0.3) is 5.69 Å². The van der Waals surface area contributed by atoms with Crippen molar-refractivity contribution in [3.05, 3.63) is 83.2 Å². The highest BCUT2D eigenvalue weighted by Gasteiger charge is 2.39. The minimum atomic E-state index is -0.235. The third kappa shape index (κ3) is 3.00. The maximum absolute atomic E-state index is 13.3. The summed E-state index contributed by atoms with van der Waals surface area (Å²) in [5, 5.41) is 4.12. The molecule has 0 saturated carbocycles. The molecule has 3 heterocycles. The first-order valence-corrected chi connectivity index (χ1v) is 9.27. The van der Waals surface area contributed by atoms with Crippen LogP contribution < -0.4 is 5.32 Å². The molecule has 1 saturated heterocycles. The first-order valence-electron chi connectivity index (χ1n) is 8.86. The smallest absolute Gasteiger partial charge is 0.169 e. The quantitative estimate of drug-likeness (QED) is 0.690. The molecule has 27 heavy (non-hydrogen) atoms. The molecule has 4 nitrogen and oxygen atoms in total. The van der Waals surface area contributed by atoms with Gasteiger partial charge in [0, 0.05) is 30.3 Å². The van der Waals surface area contributed by atoms with Crippen LogP contribution in [-0.2, 0) is 0 Å². The van der Waals surface area contributed by atoms with Gasteiger partial charge in [0.15, 0.2) is 5.11 Å². The Morgan fingerprint density at radius 3 is 2.52 bits per heavy atom.